The third kappa shape index (κ3) is 3.87. The average molecular weight is 334 g/mol. The zero-order valence-corrected chi connectivity index (χ0v) is 14.4. The number of rotatable bonds is 3. The summed E-state index contributed by atoms with van der Waals surface area (Å²) < 4.78 is 7.45. The van der Waals surface area contributed by atoms with Crippen molar-refractivity contribution >= 4 is 17.6 Å². The van der Waals surface area contributed by atoms with Crippen LogP contribution in [0.2, 0.25) is 0 Å². The molecule has 2 fully saturated rings. The van der Waals surface area contributed by atoms with Gasteiger partial charge in [0.2, 0.25) is 5.91 Å². The summed E-state index contributed by atoms with van der Waals surface area (Å²) in [6, 6.07) is 0. The van der Waals surface area contributed by atoms with E-state index in [-0.39, 0.29) is 12.0 Å². The van der Waals surface area contributed by atoms with Crippen LogP contribution in [0.4, 0.5) is 5.69 Å². The van der Waals surface area contributed by atoms with Crippen molar-refractivity contribution in [1.82, 2.24) is 20.0 Å². The lowest BCUT2D eigenvalue weighted by molar-refractivity contribution is -0.120. The summed E-state index contributed by atoms with van der Waals surface area (Å²) in [7, 11) is 3.60. The first-order valence-electron chi connectivity index (χ1n) is 8.53. The first-order chi connectivity index (χ1) is 11.7. The highest BCUT2D eigenvalue weighted by atomic mass is 16.5. The standard InChI is InChI=1S/C16H26N6O2/c1-17-16(18-10-14-5-3-4-8-24-14)21-6-7-22(15(23)12-21)13-9-19-20(2)11-13/h9,11,14H,3-8,10,12H2,1-2H3,(H,17,18). The Bertz CT molecular complexity index is 593. The lowest BCUT2D eigenvalue weighted by atomic mass is 10.1. The zero-order chi connectivity index (χ0) is 16.9. The normalized spacial score (nSPS) is 22.8. The molecule has 1 N–H and O–H groups in total. The number of aliphatic imine (C=N–C) groups is 1. The van der Waals surface area contributed by atoms with E-state index in [1.54, 1.807) is 22.8 Å². The molecule has 0 bridgehead atoms. The molecule has 3 heterocycles. The lowest BCUT2D eigenvalue weighted by Gasteiger charge is -2.36. The van der Waals surface area contributed by atoms with E-state index in [4.69, 9.17) is 4.74 Å². The minimum atomic E-state index is 0.0612. The SMILES string of the molecule is CN=C(NCC1CCCCO1)N1CCN(c2cnn(C)c2)C(=O)C1. The molecule has 2 aliphatic heterocycles. The molecule has 0 saturated carbocycles. The van der Waals surface area contributed by atoms with Gasteiger partial charge in [-0.3, -0.25) is 14.5 Å². The van der Waals surface area contributed by atoms with E-state index in [0.29, 0.717) is 13.1 Å². The Hall–Kier alpha value is -2.09. The Morgan fingerprint density at radius 2 is 2.33 bits per heavy atom. The fraction of sp³-hybridized carbons (Fsp3) is 0.688. The molecule has 0 spiro atoms. The van der Waals surface area contributed by atoms with Gasteiger partial charge in [0.15, 0.2) is 5.96 Å². The molecular weight excluding hydrogens is 308 g/mol. The molecule has 24 heavy (non-hydrogen) atoms. The lowest BCUT2D eigenvalue weighted by Crippen LogP contribution is -2.56. The Labute approximate surface area is 142 Å². The summed E-state index contributed by atoms with van der Waals surface area (Å²) in [4.78, 5) is 20.6. The fourth-order valence-electron chi connectivity index (χ4n) is 3.18. The number of hydrogen-bond acceptors (Lipinski definition) is 4. The van der Waals surface area contributed by atoms with Gasteiger partial charge in [0, 0.05) is 46.5 Å². The van der Waals surface area contributed by atoms with Crippen LogP contribution in [-0.2, 0) is 16.6 Å². The second-order valence-electron chi connectivity index (χ2n) is 6.26. The number of nitrogens with one attached hydrogen (secondary N) is 1. The second kappa shape index (κ2) is 7.65. The van der Waals surface area contributed by atoms with Gasteiger partial charge in [-0.15, -0.1) is 0 Å². The first-order valence-corrected chi connectivity index (χ1v) is 8.53. The van der Waals surface area contributed by atoms with Gasteiger partial charge in [0.05, 0.1) is 18.0 Å². The summed E-state index contributed by atoms with van der Waals surface area (Å²) in [6.07, 6.45) is 7.27. The molecule has 0 aliphatic carbocycles. The van der Waals surface area contributed by atoms with E-state index >= 15 is 0 Å². The van der Waals surface area contributed by atoms with Crippen molar-refractivity contribution in [3.8, 4) is 0 Å². The molecule has 1 amide bonds. The summed E-state index contributed by atoms with van der Waals surface area (Å²) in [6.45, 7) is 3.27. The summed E-state index contributed by atoms with van der Waals surface area (Å²) in [5.74, 6) is 0.828. The van der Waals surface area contributed by atoms with Crippen LogP contribution in [0.1, 0.15) is 19.3 Å². The van der Waals surface area contributed by atoms with E-state index in [1.165, 1.54) is 6.42 Å². The minimum Gasteiger partial charge on any atom is -0.376 e. The molecule has 8 heteroatoms. The maximum Gasteiger partial charge on any atom is 0.246 e. The van der Waals surface area contributed by atoms with Gasteiger partial charge in [-0.25, -0.2) is 0 Å². The molecule has 8 nitrogen and oxygen atoms in total. The summed E-state index contributed by atoms with van der Waals surface area (Å²) in [5, 5.41) is 7.49. The van der Waals surface area contributed by atoms with Gasteiger partial charge in [0.25, 0.3) is 0 Å². The van der Waals surface area contributed by atoms with E-state index < -0.39 is 0 Å². The predicted molar refractivity (Wildman–Crippen MR) is 92.1 cm³/mol. The van der Waals surface area contributed by atoms with Gasteiger partial charge in [-0.1, -0.05) is 0 Å². The van der Waals surface area contributed by atoms with Crippen molar-refractivity contribution in [2.45, 2.75) is 25.4 Å². The third-order valence-corrected chi connectivity index (χ3v) is 4.50. The van der Waals surface area contributed by atoms with E-state index in [0.717, 1.165) is 44.2 Å². The van der Waals surface area contributed by atoms with Crippen LogP contribution in [0.3, 0.4) is 0 Å². The molecule has 132 valence electrons. The topological polar surface area (TPSA) is 75.0 Å². The van der Waals surface area contributed by atoms with Gasteiger partial charge in [-0.05, 0) is 19.3 Å². The fourth-order valence-corrected chi connectivity index (χ4v) is 3.18. The number of amides is 1. The Morgan fingerprint density at radius 3 is 2.96 bits per heavy atom. The summed E-state index contributed by atoms with van der Waals surface area (Å²) >= 11 is 0. The van der Waals surface area contributed by atoms with Gasteiger partial charge >= 0.3 is 0 Å². The molecule has 1 atom stereocenters. The van der Waals surface area contributed by atoms with E-state index in [2.05, 4.69) is 15.4 Å². The number of ether oxygens (including phenoxy) is 1. The monoisotopic (exact) mass is 334 g/mol. The molecule has 2 saturated heterocycles. The maximum atomic E-state index is 12.5. The molecule has 1 unspecified atom stereocenters. The number of piperazine rings is 1. The van der Waals surface area contributed by atoms with Crippen LogP contribution in [0, 0.1) is 0 Å². The second-order valence-corrected chi connectivity index (χ2v) is 6.26. The van der Waals surface area contributed by atoms with Crippen LogP contribution in [0.25, 0.3) is 0 Å². The number of anilines is 1. The number of aromatic nitrogens is 2. The molecule has 3 rings (SSSR count). The number of aryl methyl sites for hydroxylation is 1. The van der Waals surface area contributed by atoms with E-state index in [1.807, 2.05) is 18.1 Å². The number of nitrogens with zero attached hydrogens (tertiary/aromatic N) is 5. The van der Waals surface area contributed by atoms with Crippen molar-refractivity contribution in [3.63, 3.8) is 0 Å². The minimum absolute atomic E-state index is 0.0612. The molecular formula is C16H26N6O2. The predicted octanol–water partition coefficient (Wildman–Crippen LogP) is 0.213. The van der Waals surface area contributed by atoms with Crippen molar-refractivity contribution in [1.29, 1.82) is 0 Å². The van der Waals surface area contributed by atoms with Crippen LogP contribution < -0.4 is 10.2 Å². The number of carbonyl (C=O) groups excluding carboxylic acids is 1. The van der Waals surface area contributed by atoms with Gasteiger partial charge < -0.3 is 19.9 Å². The highest BCUT2D eigenvalue weighted by Gasteiger charge is 2.28. The Morgan fingerprint density at radius 1 is 1.46 bits per heavy atom. The quantitative estimate of drug-likeness (QED) is 0.632. The number of carbonyl (C=O) groups is 1. The highest BCUT2D eigenvalue weighted by molar-refractivity contribution is 5.98. The van der Waals surface area contributed by atoms with Crippen molar-refractivity contribution in [3.05, 3.63) is 12.4 Å². The van der Waals surface area contributed by atoms with Crippen LogP contribution in [0.15, 0.2) is 17.4 Å². The molecule has 1 aromatic heterocycles. The largest absolute Gasteiger partial charge is 0.376 e. The van der Waals surface area contributed by atoms with Crippen molar-refractivity contribution in [2.75, 3.05) is 44.7 Å². The van der Waals surface area contributed by atoms with E-state index in [9.17, 15) is 4.79 Å². The number of guanidine groups is 1. The number of hydrogen-bond donors (Lipinski definition) is 1. The smallest absolute Gasteiger partial charge is 0.246 e. The van der Waals surface area contributed by atoms with Gasteiger partial charge in [-0.2, -0.15) is 5.10 Å². The summed E-state index contributed by atoms with van der Waals surface area (Å²) in [5.41, 5.74) is 0.848. The average Bonchev–Trinajstić information content (AvgIpc) is 3.02. The molecule has 0 radical (unpaired) electrons. The maximum absolute atomic E-state index is 12.5. The molecule has 0 aromatic carbocycles. The van der Waals surface area contributed by atoms with Crippen LogP contribution in [0.5, 0.6) is 0 Å². The van der Waals surface area contributed by atoms with Crippen LogP contribution in [-0.4, -0.2) is 72.5 Å². The Balaban J connectivity index is 1.54. The first kappa shape index (κ1) is 16.8. The molecule has 2 aliphatic rings. The van der Waals surface area contributed by atoms with Crippen molar-refractivity contribution < 1.29 is 9.53 Å². The Kier molecular flexibility index (Phi) is 5.34. The third-order valence-electron chi connectivity index (χ3n) is 4.50. The van der Waals surface area contributed by atoms with Crippen molar-refractivity contribution in [2.24, 2.45) is 12.0 Å². The van der Waals surface area contributed by atoms with Crippen LogP contribution >= 0.6 is 0 Å². The van der Waals surface area contributed by atoms with Gasteiger partial charge in [0.1, 0.15) is 6.54 Å². The zero-order valence-electron chi connectivity index (χ0n) is 14.4. The highest BCUT2D eigenvalue weighted by Crippen LogP contribution is 2.16. The molecule has 1 aromatic rings.